The zero-order chi connectivity index (χ0) is 30.6. The van der Waals surface area contributed by atoms with Crippen molar-refractivity contribution >= 4 is 11.2 Å². The molecule has 6 rings (SSSR count). The standard InChI is InChI=1S/C33H34N8O3/c1-4-10-28-34-31-29(32(42)41(33(43)39(31)19-20-44-3)22(2)24-11-6-5-7-12-24)40(28)21-23-15-17-25(18-16-23)26-13-8-9-14-27(26)30-35-37-38-36-30/h5-9,11-18,22H,4,10,19-21H2,1-3H3,(H,35,36,37,38). The highest BCUT2D eigenvalue weighted by molar-refractivity contribution is 5.80. The first kappa shape index (κ1) is 28.9. The van der Waals surface area contributed by atoms with Crippen LogP contribution in [-0.2, 0) is 24.2 Å². The molecular formula is C33H34N8O3. The first-order valence-corrected chi connectivity index (χ1v) is 14.7. The van der Waals surface area contributed by atoms with Gasteiger partial charge in [0.05, 0.1) is 19.2 Å². The minimum atomic E-state index is -0.467. The number of ether oxygens (including phenoxy) is 1. The van der Waals surface area contributed by atoms with Crippen molar-refractivity contribution in [1.82, 2.24) is 39.3 Å². The summed E-state index contributed by atoms with van der Waals surface area (Å²) in [6, 6.07) is 25.3. The van der Waals surface area contributed by atoms with Crippen LogP contribution in [0.3, 0.4) is 0 Å². The van der Waals surface area contributed by atoms with Crippen LogP contribution in [0.1, 0.15) is 43.3 Å². The molecule has 11 heteroatoms. The number of imidazole rings is 1. The number of hydrogen-bond donors (Lipinski definition) is 1. The van der Waals surface area contributed by atoms with Crippen LogP contribution >= 0.6 is 0 Å². The Labute approximate surface area is 253 Å². The van der Waals surface area contributed by atoms with Gasteiger partial charge in [-0.2, -0.15) is 5.21 Å². The molecule has 3 aromatic carbocycles. The van der Waals surface area contributed by atoms with Gasteiger partial charge in [0.15, 0.2) is 11.2 Å². The quantitative estimate of drug-likeness (QED) is 0.236. The number of fused-ring (bicyclic) bond motifs is 1. The monoisotopic (exact) mass is 590 g/mol. The smallest absolute Gasteiger partial charge is 0.333 e. The minimum absolute atomic E-state index is 0.282. The molecule has 0 aliphatic rings. The topological polar surface area (TPSA) is 126 Å². The lowest BCUT2D eigenvalue weighted by molar-refractivity contribution is 0.186. The first-order valence-electron chi connectivity index (χ1n) is 14.7. The third-order valence-electron chi connectivity index (χ3n) is 7.92. The Hall–Kier alpha value is -5.16. The maximum atomic E-state index is 14.2. The summed E-state index contributed by atoms with van der Waals surface area (Å²) in [5, 5.41) is 14.5. The number of tetrazole rings is 1. The van der Waals surface area contributed by atoms with Gasteiger partial charge in [-0.05, 0) is 40.8 Å². The lowest BCUT2D eigenvalue weighted by atomic mass is 9.98. The van der Waals surface area contributed by atoms with Crippen LogP contribution in [0.5, 0.6) is 0 Å². The van der Waals surface area contributed by atoms with E-state index in [2.05, 4.69) is 51.8 Å². The lowest BCUT2D eigenvalue weighted by Crippen LogP contribution is -2.43. The second-order valence-electron chi connectivity index (χ2n) is 10.7. The van der Waals surface area contributed by atoms with Gasteiger partial charge in [-0.1, -0.05) is 85.8 Å². The molecule has 224 valence electrons. The van der Waals surface area contributed by atoms with Gasteiger partial charge in [0, 0.05) is 25.6 Å². The molecule has 11 nitrogen and oxygen atoms in total. The maximum absolute atomic E-state index is 14.2. The van der Waals surface area contributed by atoms with Crippen LogP contribution < -0.4 is 11.2 Å². The molecule has 44 heavy (non-hydrogen) atoms. The minimum Gasteiger partial charge on any atom is -0.383 e. The summed E-state index contributed by atoms with van der Waals surface area (Å²) in [6.45, 7) is 4.98. The van der Waals surface area contributed by atoms with Crippen molar-refractivity contribution in [1.29, 1.82) is 0 Å². The van der Waals surface area contributed by atoms with E-state index in [0.717, 1.165) is 40.1 Å². The van der Waals surface area contributed by atoms with Crippen molar-refractivity contribution in [2.24, 2.45) is 0 Å². The maximum Gasteiger partial charge on any atom is 0.333 e. The number of methoxy groups -OCH3 is 1. The van der Waals surface area contributed by atoms with Crippen molar-refractivity contribution in [2.45, 2.75) is 45.8 Å². The van der Waals surface area contributed by atoms with Crippen molar-refractivity contribution in [3.8, 4) is 22.5 Å². The van der Waals surface area contributed by atoms with E-state index in [1.807, 2.05) is 66.1 Å². The molecule has 3 heterocycles. The molecule has 0 aliphatic carbocycles. The number of H-pyrrole nitrogens is 1. The number of nitrogens with zero attached hydrogens (tertiary/aromatic N) is 7. The van der Waals surface area contributed by atoms with Gasteiger partial charge >= 0.3 is 5.69 Å². The van der Waals surface area contributed by atoms with Crippen LogP contribution in [0.2, 0.25) is 0 Å². The van der Waals surface area contributed by atoms with E-state index >= 15 is 0 Å². The van der Waals surface area contributed by atoms with Crippen LogP contribution in [-0.4, -0.2) is 53.0 Å². The molecule has 6 aromatic rings. The Bertz CT molecular complexity index is 1990. The van der Waals surface area contributed by atoms with E-state index in [4.69, 9.17) is 9.72 Å². The van der Waals surface area contributed by atoms with E-state index in [0.29, 0.717) is 36.6 Å². The molecule has 0 amide bonds. The lowest BCUT2D eigenvalue weighted by Gasteiger charge is -2.18. The van der Waals surface area contributed by atoms with Crippen molar-refractivity contribution in [2.75, 3.05) is 13.7 Å². The zero-order valence-electron chi connectivity index (χ0n) is 25.0. The Kier molecular flexibility index (Phi) is 8.29. The fourth-order valence-corrected chi connectivity index (χ4v) is 5.68. The zero-order valence-corrected chi connectivity index (χ0v) is 25.0. The molecule has 1 unspecified atom stereocenters. The number of nitrogens with one attached hydrogen (secondary N) is 1. The number of aromatic nitrogens is 8. The molecule has 0 saturated heterocycles. The van der Waals surface area contributed by atoms with Crippen molar-refractivity contribution in [3.63, 3.8) is 0 Å². The highest BCUT2D eigenvalue weighted by Crippen LogP contribution is 2.30. The molecule has 1 N–H and O–H groups in total. The normalized spacial score (nSPS) is 12.2. The Balaban J connectivity index is 1.46. The Morgan fingerprint density at radius 3 is 2.32 bits per heavy atom. The molecular weight excluding hydrogens is 556 g/mol. The predicted octanol–water partition coefficient (Wildman–Crippen LogP) is 4.46. The van der Waals surface area contributed by atoms with Gasteiger partial charge in [-0.25, -0.2) is 9.78 Å². The number of benzene rings is 3. The van der Waals surface area contributed by atoms with Gasteiger partial charge < -0.3 is 9.30 Å². The number of rotatable bonds is 11. The fourth-order valence-electron chi connectivity index (χ4n) is 5.68. The SMILES string of the molecule is CCCc1nc2c(c(=O)n(C(C)c3ccccc3)c(=O)n2CCOC)n1Cc1ccc(-c2ccccc2-c2nn[nH]n2)cc1. The van der Waals surface area contributed by atoms with E-state index in [-0.39, 0.29) is 12.1 Å². The predicted molar refractivity (Wildman–Crippen MR) is 169 cm³/mol. The fraction of sp³-hybridized carbons (Fsp3) is 0.273. The number of hydrogen-bond acceptors (Lipinski definition) is 7. The molecule has 0 aliphatic heterocycles. The molecule has 3 aromatic heterocycles. The van der Waals surface area contributed by atoms with Gasteiger partial charge in [0.25, 0.3) is 5.56 Å². The average molecular weight is 591 g/mol. The third-order valence-corrected chi connectivity index (χ3v) is 7.92. The molecule has 0 saturated carbocycles. The third kappa shape index (κ3) is 5.37. The van der Waals surface area contributed by atoms with E-state index in [9.17, 15) is 9.59 Å². The largest absolute Gasteiger partial charge is 0.383 e. The van der Waals surface area contributed by atoms with E-state index < -0.39 is 11.7 Å². The van der Waals surface area contributed by atoms with E-state index in [1.54, 1.807) is 11.7 Å². The van der Waals surface area contributed by atoms with Gasteiger partial charge in [0.2, 0.25) is 5.82 Å². The van der Waals surface area contributed by atoms with Crippen LogP contribution in [0, 0.1) is 0 Å². The molecule has 0 fully saturated rings. The van der Waals surface area contributed by atoms with Crippen LogP contribution in [0.15, 0.2) is 88.5 Å². The van der Waals surface area contributed by atoms with Crippen LogP contribution in [0.4, 0.5) is 0 Å². The van der Waals surface area contributed by atoms with Crippen molar-refractivity contribution < 1.29 is 4.74 Å². The van der Waals surface area contributed by atoms with Crippen LogP contribution in [0.25, 0.3) is 33.7 Å². The molecule has 0 bridgehead atoms. The van der Waals surface area contributed by atoms with Gasteiger partial charge in [-0.15, -0.1) is 10.2 Å². The van der Waals surface area contributed by atoms with E-state index in [1.165, 1.54) is 4.57 Å². The second kappa shape index (κ2) is 12.6. The first-order chi connectivity index (χ1) is 21.5. The summed E-state index contributed by atoms with van der Waals surface area (Å²) in [4.78, 5) is 33.0. The summed E-state index contributed by atoms with van der Waals surface area (Å²) >= 11 is 0. The van der Waals surface area contributed by atoms with Gasteiger partial charge in [0.1, 0.15) is 5.82 Å². The summed E-state index contributed by atoms with van der Waals surface area (Å²) in [5.41, 5.74) is 4.80. The summed E-state index contributed by atoms with van der Waals surface area (Å²) in [6.07, 6.45) is 1.50. The second-order valence-corrected chi connectivity index (χ2v) is 10.7. The van der Waals surface area contributed by atoms with Crippen molar-refractivity contribution in [3.05, 3.63) is 117 Å². The number of aromatic amines is 1. The Morgan fingerprint density at radius 2 is 1.64 bits per heavy atom. The average Bonchev–Trinajstić information content (AvgIpc) is 3.71. The number of aryl methyl sites for hydroxylation is 1. The highest BCUT2D eigenvalue weighted by Gasteiger charge is 2.24. The highest BCUT2D eigenvalue weighted by atomic mass is 16.5. The molecule has 0 spiro atoms. The summed E-state index contributed by atoms with van der Waals surface area (Å²) in [5.74, 6) is 1.29. The summed E-state index contributed by atoms with van der Waals surface area (Å²) in [7, 11) is 1.59. The Morgan fingerprint density at radius 1 is 0.909 bits per heavy atom. The molecule has 1 atom stereocenters. The van der Waals surface area contributed by atoms with Gasteiger partial charge in [-0.3, -0.25) is 13.9 Å². The molecule has 0 radical (unpaired) electrons. The summed E-state index contributed by atoms with van der Waals surface area (Å²) < 4.78 is 10.2.